The van der Waals surface area contributed by atoms with Crippen molar-refractivity contribution >= 4 is 11.6 Å². The van der Waals surface area contributed by atoms with Crippen LogP contribution in [0.2, 0.25) is 0 Å². The first-order valence-electron chi connectivity index (χ1n) is 6.67. The summed E-state index contributed by atoms with van der Waals surface area (Å²) in [5.74, 6) is 1.70. The van der Waals surface area contributed by atoms with Crippen LogP contribution in [-0.2, 0) is 4.79 Å². The summed E-state index contributed by atoms with van der Waals surface area (Å²) in [5.41, 5.74) is 1.05. The number of hydrogen-bond donors (Lipinski definition) is 1. The molecule has 1 atom stereocenters. The van der Waals surface area contributed by atoms with Crippen LogP contribution in [0.3, 0.4) is 0 Å². The molecule has 100 valence electrons. The van der Waals surface area contributed by atoms with Gasteiger partial charge in [-0.15, -0.1) is 0 Å². The number of fused-ring (bicyclic) bond motifs is 1. The van der Waals surface area contributed by atoms with Gasteiger partial charge in [0.25, 0.3) is 0 Å². The summed E-state index contributed by atoms with van der Waals surface area (Å²) in [6.45, 7) is 3.03. The van der Waals surface area contributed by atoms with E-state index in [9.17, 15) is 4.79 Å². The lowest BCUT2D eigenvalue weighted by Crippen LogP contribution is -2.29. The molecule has 1 N–H and O–H groups in total. The van der Waals surface area contributed by atoms with E-state index < -0.39 is 0 Å². The van der Waals surface area contributed by atoms with Crippen LogP contribution in [0.5, 0.6) is 11.5 Å². The van der Waals surface area contributed by atoms with Gasteiger partial charge >= 0.3 is 0 Å². The average Bonchev–Trinajstić information content (AvgIpc) is 3.10. The first kappa shape index (κ1) is 11.1. The van der Waals surface area contributed by atoms with E-state index in [1.165, 1.54) is 0 Å². The third-order valence-electron chi connectivity index (χ3n) is 4.32. The highest BCUT2D eigenvalue weighted by Gasteiger charge is 2.45. The second kappa shape index (κ2) is 3.87. The fraction of sp³-hybridized carbons (Fsp3) is 0.500. The molecule has 0 saturated carbocycles. The lowest BCUT2D eigenvalue weighted by molar-refractivity contribution is -0.117. The topological polar surface area (TPSA) is 50.8 Å². The van der Waals surface area contributed by atoms with Crippen molar-refractivity contribution in [1.82, 2.24) is 5.32 Å². The quantitative estimate of drug-likeness (QED) is 0.822. The van der Waals surface area contributed by atoms with E-state index in [1.54, 1.807) is 0 Å². The molecule has 1 aromatic carbocycles. The van der Waals surface area contributed by atoms with Crippen molar-refractivity contribution in [2.24, 2.45) is 5.41 Å². The third-order valence-corrected chi connectivity index (χ3v) is 4.32. The minimum absolute atomic E-state index is 0.132. The second-order valence-corrected chi connectivity index (χ2v) is 5.62. The van der Waals surface area contributed by atoms with Crippen molar-refractivity contribution in [2.45, 2.75) is 12.8 Å². The summed E-state index contributed by atoms with van der Waals surface area (Å²) in [7, 11) is 0. The lowest BCUT2D eigenvalue weighted by Gasteiger charge is -2.22. The van der Waals surface area contributed by atoms with Gasteiger partial charge in [-0.3, -0.25) is 4.79 Å². The highest BCUT2D eigenvalue weighted by Crippen LogP contribution is 2.41. The Morgan fingerprint density at radius 2 is 2.16 bits per heavy atom. The number of nitrogens with one attached hydrogen (secondary N) is 1. The van der Waals surface area contributed by atoms with Gasteiger partial charge in [-0.1, -0.05) is 0 Å². The molecule has 0 bridgehead atoms. The first-order valence-corrected chi connectivity index (χ1v) is 6.67. The van der Waals surface area contributed by atoms with Crippen molar-refractivity contribution in [3.63, 3.8) is 0 Å². The summed E-state index contributed by atoms with van der Waals surface area (Å²) in [4.78, 5) is 14.1. The van der Waals surface area contributed by atoms with Gasteiger partial charge in [-0.2, -0.15) is 0 Å². The highest BCUT2D eigenvalue weighted by molar-refractivity contribution is 5.96. The zero-order valence-electron chi connectivity index (χ0n) is 10.6. The molecule has 0 aliphatic carbocycles. The van der Waals surface area contributed by atoms with Gasteiger partial charge in [0.2, 0.25) is 12.7 Å². The Morgan fingerprint density at radius 1 is 1.26 bits per heavy atom. The second-order valence-electron chi connectivity index (χ2n) is 5.62. The van der Waals surface area contributed by atoms with E-state index in [0.717, 1.165) is 43.2 Å². The molecule has 3 aliphatic heterocycles. The zero-order valence-corrected chi connectivity index (χ0v) is 10.6. The van der Waals surface area contributed by atoms with E-state index in [-0.39, 0.29) is 18.1 Å². The van der Waals surface area contributed by atoms with Crippen LogP contribution in [0.1, 0.15) is 12.8 Å². The molecule has 2 fully saturated rings. The minimum Gasteiger partial charge on any atom is -0.454 e. The van der Waals surface area contributed by atoms with Crippen molar-refractivity contribution in [1.29, 1.82) is 0 Å². The van der Waals surface area contributed by atoms with Crippen LogP contribution in [0.4, 0.5) is 5.69 Å². The van der Waals surface area contributed by atoms with Crippen molar-refractivity contribution < 1.29 is 14.3 Å². The fourth-order valence-corrected chi connectivity index (χ4v) is 3.27. The summed E-state index contributed by atoms with van der Waals surface area (Å²) < 4.78 is 10.7. The van der Waals surface area contributed by atoms with Crippen LogP contribution < -0.4 is 19.7 Å². The normalized spacial score (nSPS) is 28.6. The van der Waals surface area contributed by atoms with Gasteiger partial charge in [0.1, 0.15) is 0 Å². The average molecular weight is 260 g/mol. The Labute approximate surface area is 111 Å². The molecule has 3 aliphatic rings. The standard InChI is InChI=1S/C14H16N2O3/c17-13-6-14(3-4-15-7-14)8-16(13)10-1-2-11-12(5-10)19-9-18-11/h1-2,5,15H,3-4,6-9H2. The maximum Gasteiger partial charge on any atom is 0.231 e. The minimum atomic E-state index is 0.132. The number of carbonyl (C=O) groups is 1. The lowest BCUT2D eigenvalue weighted by atomic mass is 9.86. The predicted octanol–water partition coefficient (Wildman–Crippen LogP) is 1.13. The Kier molecular flexibility index (Phi) is 2.26. The van der Waals surface area contributed by atoms with Crippen molar-refractivity contribution in [3.05, 3.63) is 18.2 Å². The number of hydrogen-bond acceptors (Lipinski definition) is 4. The third kappa shape index (κ3) is 1.69. The maximum absolute atomic E-state index is 12.3. The van der Waals surface area contributed by atoms with E-state index >= 15 is 0 Å². The van der Waals surface area contributed by atoms with E-state index in [0.29, 0.717) is 6.42 Å². The fourth-order valence-electron chi connectivity index (χ4n) is 3.27. The van der Waals surface area contributed by atoms with E-state index in [2.05, 4.69) is 5.32 Å². The van der Waals surface area contributed by atoms with Gasteiger partial charge in [0.05, 0.1) is 0 Å². The number of nitrogens with zero attached hydrogens (tertiary/aromatic N) is 1. The van der Waals surface area contributed by atoms with Crippen LogP contribution in [-0.4, -0.2) is 32.3 Å². The SMILES string of the molecule is O=C1CC2(CCNC2)CN1c1ccc2c(c1)OCO2. The Hall–Kier alpha value is -1.75. The number of anilines is 1. The molecule has 5 heteroatoms. The summed E-state index contributed by atoms with van der Waals surface area (Å²) >= 11 is 0. The smallest absolute Gasteiger partial charge is 0.231 e. The van der Waals surface area contributed by atoms with Crippen LogP contribution in [0.25, 0.3) is 0 Å². The van der Waals surface area contributed by atoms with Crippen LogP contribution >= 0.6 is 0 Å². The molecule has 2 saturated heterocycles. The monoisotopic (exact) mass is 260 g/mol. The molecule has 19 heavy (non-hydrogen) atoms. The largest absolute Gasteiger partial charge is 0.454 e. The zero-order chi connectivity index (χ0) is 12.9. The molecule has 1 aromatic rings. The van der Waals surface area contributed by atoms with Gasteiger partial charge < -0.3 is 19.7 Å². The molecular weight excluding hydrogens is 244 g/mol. The number of ether oxygens (including phenoxy) is 2. The molecular formula is C14H16N2O3. The van der Waals surface area contributed by atoms with Crippen molar-refractivity contribution in [2.75, 3.05) is 31.3 Å². The molecule has 1 unspecified atom stereocenters. The number of benzene rings is 1. The molecule has 0 aromatic heterocycles. The Balaban J connectivity index is 1.64. The molecule has 3 heterocycles. The Bertz CT molecular complexity index is 537. The van der Waals surface area contributed by atoms with Gasteiger partial charge in [0.15, 0.2) is 11.5 Å². The summed E-state index contributed by atoms with van der Waals surface area (Å²) in [5, 5.41) is 3.37. The summed E-state index contributed by atoms with van der Waals surface area (Å²) in [6, 6.07) is 5.72. The number of rotatable bonds is 1. The van der Waals surface area contributed by atoms with Gasteiger partial charge in [-0.05, 0) is 25.1 Å². The molecule has 1 spiro atoms. The molecule has 1 amide bonds. The highest BCUT2D eigenvalue weighted by atomic mass is 16.7. The molecule has 4 rings (SSSR count). The molecule has 5 nitrogen and oxygen atoms in total. The number of carbonyl (C=O) groups excluding carboxylic acids is 1. The molecule has 0 radical (unpaired) electrons. The van der Waals surface area contributed by atoms with Crippen LogP contribution in [0.15, 0.2) is 18.2 Å². The van der Waals surface area contributed by atoms with E-state index in [1.807, 2.05) is 23.1 Å². The number of amides is 1. The summed E-state index contributed by atoms with van der Waals surface area (Å²) in [6.07, 6.45) is 1.73. The maximum atomic E-state index is 12.3. The van der Waals surface area contributed by atoms with Gasteiger partial charge in [0, 0.05) is 36.7 Å². The van der Waals surface area contributed by atoms with Crippen LogP contribution in [0, 0.1) is 5.41 Å². The van der Waals surface area contributed by atoms with Crippen molar-refractivity contribution in [3.8, 4) is 11.5 Å². The Morgan fingerprint density at radius 3 is 3.00 bits per heavy atom. The van der Waals surface area contributed by atoms with E-state index in [4.69, 9.17) is 9.47 Å². The predicted molar refractivity (Wildman–Crippen MR) is 69.5 cm³/mol. The first-order chi connectivity index (χ1) is 9.26. The van der Waals surface area contributed by atoms with Gasteiger partial charge in [-0.25, -0.2) is 0 Å².